The van der Waals surface area contributed by atoms with Gasteiger partial charge in [-0.2, -0.15) is 8.42 Å². The lowest BCUT2D eigenvalue weighted by molar-refractivity contribution is -0.108. The lowest BCUT2D eigenvalue weighted by Gasteiger charge is -2.18. The highest BCUT2D eigenvalue weighted by Crippen LogP contribution is 2.33. The SMILES string of the molecule is O=CCCCC(COCc1ccccc1)OS(=O)(=O)c1cc(Cl)c(Cl)cc1Cl. The van der Waals surface area contributed by atoms with Crippen molar-refractivity contribution < 1.29 is 22.1 Å². The van der Waals surface area contributed by atoms with Gasteiger partial charge in [-0.25, -0.2) is 0 Å². The molecular formula is C19H19Cl3O5S. The van der Waals surface area contributed by atoms with Gasteiger partial charge in [-0.1, -0.05) is 65.1 Å². The highest BCUT2D eigenvalue weighted by Gasteiger charge is 2.25. The topological polar surface area (TPSA) is 69.7 Å². The maximum atomic E-state index is 12.7. The quantitative estimate of drug-likeness (QED) is 0.195. The molecule has 0 aliphatic carbocycles. The fourth-order valence-corrected chi connectivity index (χ4v) is 4.47. The van der Waals surface area contributed by atoms with E-state index in [0.717, 1.165) is 17.9 Å². The van der Waals surface area contributed by atoms with Crippen molar-refractivity contribution in [3.05, 3.63) is 63.1 Å². The van der Waals surface area contributed by atoms with Crippen molar-refractivity contribution in [2.75, 3.05) is 6.61 Å². The molecule has 0 saturated carbocycles. The Morgan fingerprint density at radius 2 is 1.68 bits per heavy atom. The van der Waals surface area contributed by atoms with E-state index >= 15 is 0 Å². The highest BCUT2D eigenvalue weighted by atomic mass is 35.5. The van der Waals surface area contributed by atoms with E-state index in [1.54, 1.807) is 0 Å². The summed E-state index contributed by atoms with van der Waals surface area (Å²) in [4.78, 5) is 10.3. The molecule has 152 valence electrons. The molecule has 0 aliphatic rings. The zero-order valence-corrected chi connectivity index (χ0v) is 17.9. The molecule has 28 heavy (non-hydrogen) atoms. The Balaban J connectivity index is 2.09. The summed E-state index contributed by atoms with van der Waals surface area (Å²) in [6.45, 7) is 0.341. The first-order chi connectivity index (χ1) is 13.3. The molecule has 5 nitrogen and oxygen atoms in total. The average molecular weight is 466 g/mol. The lowest BCUT2D eigenvalue weighted by Crippen LogP contribution is -2.24. The summed E-state index contributed by atoms with van der Waals surface area (Å²) in [5.41, 5.74) is 0.949. The first kappa shape index (κ1) is 23.1. The first-order valence-corrected chi connectivity index (χ1v) is 11.0. The van der Waals surface area contributed by atoms with E-state index < -0.39 is 16.2 Å². The predicted octanol–water partition coefficient (Wildman–Crippen LogP) is 5.31. The van der Waals surface area contributed by atoms with Gasteiger partial charge in [0.25, 0.3) is 10.1 Å². The van der Waals surface area contributed by atoms with Gasteiger partial charge in [-0.05, 0) is 30.5 Å². The lowest BCUT2D eigenvalue weighted by atomic mass is 10.2. The number of carbonyl (C=O) groups is 1. The van der Waals surface area contributed by atoms with Crippen molar-refractivity contribution in [2.45, 2.75) is 36.9 Å². The first-order valence-electron chi connectivity index (χ1n) is 8.46. The molecule has 0 spiro atoms. The molecule has 0 bridgehead atoms. The molecule has 0 saturated heterocycles. The van der Waals surface area contributed by atoms with Crippen molar-refractivity contribution in [1.82, 2.24) is 0 Å². The van der Waals surface area contributed by atoms with Gasteiger partial charge < -0.3 is 9.53 Å². The smallest absolute Gasteiger partial charge is 0.298 e. The van der Waals surface area contributed by atoms with Crippen LogP contribution in [0.1, 0.15) is 24.8 Å². The largest absolute Gasteiger partial charge is 0.374 e. The average Bonchev–Trinajstić information content (AvgIpc) is 2.65. The normalized spacial score (nSPS) is 12.7. The van der Waals surface area contributed by atoms with Gasteiger partial charge in [0.1, 0.15) is 17.3 Å². The molecule has 0 radical (unpaired) electrons. The highest BCUT2D eigenvalue weighted by molar-refractivity contribution is 7.87. The summed E-state index contributed by atoms with van der Waals surface area (Å²) < 4.78 is 36.3. The summed E-state index contributed by atoms with van der Waals surface area (Å²) >= 11 is 17.8. The number of hydrogen-bond donors (Lipinski definition) is 0. The fraction of sp³-hybridized carbons (Fsp3) is 0.316. The van der Waals surface area contributed by atoms with Crippen LogP contribution in [0.3, 0.4) is 0 Å². The monoisotopic (exact) mass is 464 g/mol. The van der Waals surface area contributed by atoms with Crippen LogP contribution >= 0.6 is 34.8 Å². The van der Waals surface area contributed by atoms with Crippen LogP contribution in [0.15, 0.2) is 47.4 Å². The molecule has 1 atom stereocenters. The third kappa shape index (κ3) is 7.03. The summed E-state index contributed by atoms with van der Waals surface area (Å²) in [5.74, 6) is 0. The maximum Gasteiger partial charge on any atom is 0.298 e. The standard InChI is InChI=1S/C19H19Cl3O5S/c20-16-10-18(22)19(11-17(16)21)28(24,25)27-15(8-4-5-9-23)13-26-12-14-6-2-1-3-7-14/h1-3,6-7,9-11,15H,4-5,8,12-13H2. The Hall–Kier alpha value is -1.15. The minimum atomic E-state index is -4.20. The van der Waals surface area contributed by atoms with Crippen molar-refractivity contribution >= 4 is 51.2 Å². The molecular weight excluding hydrogens is 447 g/mol. The molecule has 0 heterocycles. The number of aldehydes is 1. The summed E-state index contributed by atoms with van der Waals surface area (Å²) in [6, 6.07) is 11.8. The Morgan fingerprint density at radius 1 is 1.00 bits per heavy atom. The van der Waals surface area contributed by atoms with Crippen LogP contribution in [-0.2, 0) is 30.4 Å². The maximum absolute atomic E-state index is 12.7. The molecule has 1 unspecified atom stereocenters. The second-order valence-corrected chi connectivity index (χ2v) is 8.73. The molecule has 2 aromatic carbocycles. The molecule has 0 amide bonds. The molecule has 0 aromatic heterocycles. The van der Waals surface area contributed by atoms with E-state index in [2.05, 4.69) is 0 Å². The summed E-state index contributed by atoms with van der Waals surface area (Å²) in [5, 5.41) is 0.0941. The molecule has 0 aliphatic heterocycles. The van der Waals surface area contributed by atoms with Gasteiger partial charge >= 0.3 is 0 Å². The molecule has 0 fully saturated rings. The van der Waals surface area contributed by atoms with Crippen LogP contribution in [0.5, 0.6) is 0 Å². The Labute approximate surface area is 179 Å². The number of rotatable bonds is 11. The third-order valence-corrected chi connectivity index (χ3v) is 6.32. The predicted molar refractivity (Wildman–Crippen MR) is 110 cm³/mol. The minimum absolute atomic E-state index is 0.0337. The van der Waals surface area contributed by atoms with Crippen molar-refractivity contribution in [3.8, 4) is 0 Å². The van der Waals surface area contributed by atoms with Crippen LogP contribution in [-0.4, -0.2) is 27.4 Å². The molecule has 2 rings (SSSR count). The van der Waals surface area contributed by atoms with Gasteiger partial charge in [-0.3, -0.25) is 4.18 Å². The fourth-order valence-electron chi connectivity index (χ4n) is 2.40. The zero-order valence-electron chi connectivity index (χ0n) is 14.8. The molecule has 0 N–H and O–H groups in total. The van der Waals surface area contributed by atoms with Gasteiger partial charge in [0.05, 0.1) is 28.3 Å². The van der Waals surface area contributed by atoms with E-state index in [1.807, 2.05) is 30.3 Å². The van der Waals surface area contributed by atoms with E-state index in [0.29, 0.717) is 25.9 Å². The van der Waals surface area contributed by atoms with E-state index in [4.69, 9.17) is 43.7 Å². The van der Waals surface area contributed by atoms with Crippen molar-refractivity contribution in [1.29, 1.82) is 0 Å². The second-order valence-electron chi connectivity index (χ2n) is 5.97. The van der Waals surface area contributed by atoms with Crippen molar-refractivity contribution in [3.63, 3.8) is 0 Å². The number of ether oxygens (including phenoxy) is 1. The van der Waals surface area contributed by atoms with E-state index in [9.17, 15) is 13.2 Å². The van der Waals surface area contributed by atoms with Crippen LogP contribution < -0.4 is 0 Å². The minimum Gasteiger partial charge on any atom is -0.374 e. The Morgan fingerprint density at radius 3 is 2.36 bits per heavy atom. The number of hydrogen-bond acceptors (Lipinski definition) is 5. The zero-order chi connectivity index (χ0) is 20.6. The molecule has 2 aromatic rings. The Kier molecular flexibility index (Phi) is 9.21. The summed E-state index contributed by atoms with van der Waals surface area (Å²) in [7, 11) is -4.20. The number of carbonyl (C=O) groups excluding carboxylic acids is 1. The second kappa shape index (κ2) is 11.1. The van der Waals surface area contributed by atoms with Crippen LogP contribution in [0.25, 0.3) is 0 Å². The van der Waals surface area contributed by atoms with Crippen LogP contribution in [0.2, 0.25) is 15.1 Å². The number of benzene rings is 2. The number of unbranched alkanes of at least 4 members (excludes halogenated alkanes) is 1. The van der Waals surface area contributed by atoms with E-state index in [1.165, 1.54) is 6.07 Å². The Bertz CT molecular complexity index is 888. The molecule has 9 heteroatoms. The van der Waals surface area contributed by atoms with E-state index in [-0.39, 0.29) is 26.6 Å². The van der Waals surface area contributed by atoms with Crippen LogP contribution in [0.4, 0.5) is 0 Å². The third-order valence-electron chi connectivity index (χ3n) is 3.77. The van der Waals surface area contributed by atoms with Gasteiger partial charge in [0, 0.05) is 6.42 Å². The van der Waals surface area contributed by atoms with Crippen molar-refractivity contribution in [2.24, 2.45) is 0 Å². The number of halogens is 3. The van der Waals surface area contributed by atoms with Gasteiger partial charge in [0.15, 0.2) is 0 Å². The van der Waals surface area contributed by atoms with Gasteiger partial charge in [0.2, 0.25) is 0 Å². The van der Waals surface area contributed by atoms with Crippen LogP contribution in [0, 0.1) is 0 Å². The summed E-state index contributed by atoms with van der Waals surface area (Å²) in [6.07, 6.45) is 1.08. The van der Waals surface area contributed by atoms with Gasteiger partial charge in [-0.15, -0.1) is 0 Å².